The third kappa shape index (κ3) is 3.32. The average Bonchev–Trinajstić information content (AvgIpc) is 2.75. The lowest BCUT2D eigenvalue weighted by atomic mass is 10.1. The summed E-state index contributed by atoms with van der Waals surface area (Å²) in [6.07, 6.45) is 3.02. The van der Waals surface area contributed by atoms with Gasteiger partial charge in [-0.1, -0.05) is 36.4 Å². The van der Waals surface area contributed by atoms with E-state index in [1.54, 1.807) is 72.9 Å². The molecule has 142 valence electrons. The molecule has 2 aromatic carbocycles. The molecule has 0 aliphatic heterocycles. The summed E-state index contributed by atoms with van der Waals surface area (Å²) < 4.78 is 1.15. The molecule has 0 spiro atoms. The topological polar surface area (TPSA) is 84.5 Å². The summed E-state index contributed by atoms with van der Waals surface area (Å²) in [6, 6.07) is 19.1. The third-order valence-electron chi connectivity index (χ3n) is 4.60. The maximum atomic E-state index is 13.0. The Labute approximate surface area is 166 Å². The second kappa shape index (κ2) is 7.52. The summed E-state index contributed by atoms with van der Waals surface area (Å²) in [5.41, 5.74) is 0.951. The van der Waals surface area contributed by atoms with Crippen LogP contribution in [0.25, 0.3) is 16.6 Å². The number of pyridine rings is 2. The van der Waals surface area contributed by atoms with Gasteiger partial charge in [0.05, 0.1) is 11.3 Å². The first-order valence-electron chi connectivity index (χ1n) is 9.00. The number of carbonyl (C=O) groups excluding carboxylic acids is 1. The van der Waals surface area contributed by atoms with E-state index >= 15 is 0 Å². The zero-order valence-electron chi connectivity index (χ0n) is 15.6. The maximum Gasteiger partial charge on any atom is 0.267 e. The number of hydrogen-bond donors (Lipinski definition) is 1. The van der Waals surface area contributed by atoms with Crippen LogP contribution < -0.4 is 5.56 Å². The number of aromatic nitrogens is 2. The molecule has 6 nitrogen and oxygen atoms in total. The highest BCUT2D eigenvalue weighted by Gasteiger charge is 2.17. The van der Waals surface area contributed by atoms with Crippen LogP contribution in [0, 0.1) is 0 Å². The minimum atomic E-state index is -0.377. The van der Waals surface area contributed by atoms with Gasteiger partial charge in [0.2, 0.25) is 5.88 Å². The molecule has 2 heterocycles. The Morgan fingerprint density at radius 3 is 2.41 bits per heavy atom. The van der Waals surface area contributed by atoms with Gasteiger partial charge in [-0.05, 0) is 37.3 Å². The Morgan fingerprint density at radius 1 is 1.00 bits per heavy atom. The van der Waals surface area contributed by atoms with E-state index in [4.69, 9.17) is 0 Å². The molecule has 0 aliphatic rings. The fourth-order valence-electron chi connectivity index (χ4n) is 3.21. The molecule has 2 aromatic heterocycles. The number of nitrogens with zero attached hydrogens (tertiary/aromatic N) is 3. The van der Waals surface area contributed by atoms with Crippen molar-refractivity contribution in [1.29, 1.82) is 0 Å². The first-order valence-corrected chi connectivity index (χ1v) is 9.00. The van der Waals surface area contributed by atoms with Crippen LogP contribution in [0.1, 0.15) is 22.8 Å². The Bertz CT molecular complexity index is 1310. The van der Waals surface area contributed by atoms with Crippen LogP contribution in [0.2, 0.25) is 0 Å². The highest BCUT2D eigenvalue weighted by atomic mass is 16.3. The number of aromatic hydroxyl groups is 1. The molecule has 4 aromatic rings. The standard InChI is InChI=1S/C23H17N3O3/c1-15(27)16-8-4-5-11-20(16)25-14-19-17-9-2-3-10-18(17)22(28)26(23(19)29)21-12-6-7-13-24-21/h2-14,29H,1H3. The molecule has 6 heteroatoms. The quantitative estimate of drug-likeness (QED) is 0.426. The normalized spacial score (nSPS) is 11.2. The van der Waals surface area contributed by atoms with Crippen LogP contribution in [-0.4, -0.2) is 26.7 Å². The smallest absolute Gasteiger partial charge is 0.267 e. The largest absolute Gasteiger partial charge is 0.494 e. The molecule has 0 atom stereocenters. The van der Waals surface area contributed by atoms with Crippen LogP contribution in [0.15, 0.2) is 82.7 Å². The summed E-state index contributed by atoms with van der Waals surface area (Å²) in [5.74, 6) is -0.0683. The van der Waals surface area contributed by atoms with E-state index in [1.165, 1.54) is 13.1 Å². The molecular weight excluding hydrogens is 366 g/mol. The van der Waals surface area contributed by atoms with Gasteiger partial charge >= 0.3 is 0 Å². The van der Waals surface area contributed by atoms with Gasteiger partial charge in [-0.15, -0.1) is 0 Å². The number of carbonyl (C=O) groups is 1. The van der Waals surface area contributed by atoms with Gasteiger partial charge < -0.3 is 5.11 Å². The lowest BCUT2D eigenvalue weighted by Gasteiger charge is -2.12. The average molecular weight is 383 g/mol. The summed E-state index contributed by atoms with van der Waals surface area (Å²) in [4.78, 5) is 33.5. The molecule has 0 unspecified atom stereocenters. The molecule has 0 bridgehead atoms. The predicted octanol–water partition coefficient (Wildman–Crippen LogP) is 4.04. The first kappa shape index (κ1) is 18.3. The van der Waals surface area contributed by atoms with E-state index in [2.05, 4.69) is 9.98 Å². The van der Waals surface area contributed by atoms with Gasteiger partial charge in [0, 0.05) is 28.7 Å². The number of hydrogen-bond acceptors (Lipinski definition) is 5. The van der Waals surface area contributed by atoms with E-state index in [0.29, 0.717) is 33.4 Å². The Hall–Kier alpha value is -4.06. The molecule has 0 amide bonds. The number of para-hydroxylation sites is 1. The molecule has 4 rings (SSSR count). The van der Waals surface area contributed by atoms with Crippen molar-refractivity contribution in [3.8, 4) is 11.7 Å². The van der Waals surface area contributed by atoms with Crippen molar-refractivity contribution in [2.75, 3.05) is 0 Å². The van der Waals surface area contributed by atoms with Crippen LogP contribution >= 0.6 is 0 Å². The van der Waals surface area contributed by atoms with Crippen molar-refractivity contribution < 1.29 is 9.90 Å². The number of rotatable bonds is 4. The van der Waals surface area contributed by atoms with Crippen LogP contribution in [-0.2, 0) is 0 Å². The van der Waals surface area contributed by atoms with Gasteiger partial charge in [-0.25, -0.2) is 9.55 Å². The molecular formula is C23H17N3O3. The molecule has 0 radical (unpaired) electrons. The molecule has 0 fully saturated rings. The fourth-order valence-corrected chi connectivity index (χ4v) is 3.21. The Balaban J connectivity index is 1.98. The minimum Gasteiger partial charge on any atom is -0.494 e. The van der Waals surface area contributed by atoms with E-state index in [1.807, 2.05) is 0 Å². The van der Waals surface area contributed by atoms with E-state index in [9.17, 15) is 14.7 Å². The van der Waals surface area contributed by atoms with Crippen molar-refractivity contribution in [2.45, 2.75) is 6.92 Å². The van der Waals surface area contributed by atoms with Crippen molar-refractivity contribution >= 4 is 28.5 Å². The van der Waals surface area contributed by atoms with E-state index in [0.717, 1.165) is 4.57 Å². The Morgan fingerprint density at radius 2 is 1.69 bits per heavy atom. The lowest BCUT2D eigenvalue weighted by molar-refractivity contribution is 0.101. The van der Waals surface area contributed by atoms with E-state index < -0.39 is 0 Å². The number of Topliss-reactive ketones (excluding diaryl/α,β-unsaturated/α-hetero) is 1. The lowest BCUT2D eigenvalue weighted by Crippen LogP contribution is -2.20. The zero-order valence-corrected chi connectivity index (χ0v) is 15.6. The maximum absolute atomic E-state index is 13.0. The summed E-state index contributed by atoms with van der Waals surface area (Å²) in [7, 11) is 0. The van der Waals surface area contributed by atoms with Gasteiger partial charge in [0.1, 0.15) is 5.82 Å². The summed E-state index contributed by atoms with van der Waals surface area (Å²) in [6.45, 7) is 1.47. The zero-order chi connectivity index (χ0) is 20.4. The Kier molecular flexibility index (Phi) is 4.75. The van der Waals surface area contributed by atoms with Gasteiger partial charge in [-0.2, -0.15) is 0 Å². The van der Waals surface area contributed by atoms with Crippen molar-refractivity contribution in [3.05, 3.63) is 94.4 Å². The second-order valence-corrected chi connectivity index (χ2v) is 6.44. The molecule has 0 saturated heterocycles. The summed E-state index contributed by atoms with van der Waals surface area (Å²) >= 11 is 0. The molecule has 0 aliphatic carbocycles. The predicted molar refractivity (Wildman–Crippen MR) is 113 cm³/mol. The summed E-state index contributed by atoms with van der Waals surface area (Å²) in [5, 5.41) is 11.9. The highest BCUT2D eigenvalue weighted by Crippen LogP contribution is 2.26. The van der Waals surface area contributed by atoms with Crippen LogP contribution in [0.4, 0.5) is 5.69 Å². The first-order chi connectivity index (χ1) is 14.1. The van der Waals surface area contributed by atoms with Gasteiger partial charge in [0.25, 0.3) is 5.56 Å². The number of aliphatic imine (C=N–C) groups is 1. The fraction of sp³-hybridized carbons (Fsp3) is 0.0435. The molecule has 29 heavy (non-hydrogen) atoms. The van der Waals surface area contributed by atoms with Crippen LogP contribution in [0.3, 0.4) is 0 Å². The van der Waals surface area contributed by atoms with Gasteiger partial charge in [0.15, 0.2) is 5.78 Å². The van der Waals surface area contributed by atoms with Gasteiger partial charge in [-0.3, -0.25) is 14.6 Å². The molecule has 1 N–H and O–H groups in total. The van der Waals surface area contributed by atoms with Crippen molar-refractivity contribution in [1.82, 2.24) is 9.55 Å². The SMILES string of the molecule is CC(=O)c1ccccc1N=Cc1c(O)n(-c2ccccn2)c(=O)c2ccccc12. The van der Waals surface area contributed by atoms with Crippen LogP contribution in [0.5, 0.6) is 5.88 Å². The monoisotopic (exact) mass is 383 g/mol. The third-order valence-corrected chi connectivity index (χ3v) is 4.60. The van der Waals surface area contributed by atoms with Crippen molar-refractivity contribution in [2.24, 2.45) is 4.99 Å². The number of benzene rings is 2. The number of fused-ring (bicyclic) bond motifs is 1. The van der Waals surface area contributed by atoms with Crippen molar-refractivity contribution in [3.63, 3.8) is 0 Å². The minimum absolute atomic E-state index is 0.106. The van der Waals surface area contributed by atoms with E-state index in [-0.39, 0.29) is 17.2 Å². The molecule has 0 saturated carbocycles. The number of ketones is 1. The second-order valence-electron chi connectivity index (χ2n) is 6.44. The highest BCUT2D eigenvalue weighted by molar-refractivity contribution is 6.04.